The van der Waals surface area contributed by atoms with Gasteiger partial charge < -0.3 is 10.3 Å². The Morgan fingerprint density at radius 3 is 2.83 bits per heavy atom. The van der Waals surface area contributed by atoms with Crippen molar-refractivity contribution in [3.8, 4) is 0 Å². The number of amides is 1. The van der Waals surface area contributed by atoms with Crippen LogP contribution in [-0.4, -0.2) is 46.9 Å². The number of carbonyl (C=O) groups is 1. The van der Waals surface area contributed by atoms with Gasteiger partial charge in [-0.25, -0.2) is 0 Å². The second kappa shape index (κ2) is 8.72. The minimum atomic E-state index is 0.121. The predicted octanol–water partition coefficient (Wildman–Crippen LogP) is 2.07. The van der Waals surface area contributed by atoms with Crippen LogP contribution in [0.3, 0.4) is 0 Å². The molecule has 0 spiro atoms. The van der Waals surface area contributed by atoms with E-state index in [0.717, 1.165) is 49.3 Å². The fourth-order valence-corrected chi connectivity index (χ4v) is 3.83. The number of H-pyrrole nitrogens is 1. The molecule has 6 heteroatoms. The van der Waals surface area contributed by atoms with Gasteiger partial charge in [-0.2, -0.15) is 11.8 Å². The first-order valence-electron chi connectivity index (χ1n) is 8.64. The van der Waals surface area contributed by atoms with Gasteiger partial charge in [0.1, 0.15) is 0 Å². The maximum absolute atomic E-state index is 12.1. The second-order valence-electron chi connectivity index (χ2n) is 6.75. The summed E-state index contributed by atoms with van der Waals surface area (Å²) in [4.78, 5) is 29.7. The molecule has 0 unspecified atom stereocenters. The number of likely N-dealkylation sites (tertiary alicyclic amines) is 1. The fourth-order valence-electron chi connectivity index (χ4n) is 3.49. The summed E-state index contributed by atoms with van der Waals surface area (Å²) in [6, 6.07) is 0.210. The molecule has 134 valence electrons. The van der Waals surface area contributed by atoms with Crippen molar-refractivity contribution in [2.45, 2.75) is 46.2 Å². The molecule has 1 amide bonds. The van der Waals surface area contributed by atoms with Crippen LogP contribution in [0.5, 0.6) is 0 Å². The predicted molar refractivity (Wildman–Crippen MR) is 101 cm³/mol. The molecule has 2 heterocycles. The molecule has 1 aromatic heterocycles. The zero-order valence-corrected chi connectivity index (χ0v) is 16.0. The summed E-state index contributed by atoms with van der Waals surface area (Å²) < 4.78 is 0. The summed E-state index contributed by atoms with van der Waals surface area (Å²) in [6.45, 7) is 8.45. The third kappa shape index (κ3) is 4.63. The van der Waals surface area contributed by atoms with E-state index in [-0.39, 0.29) is 17.4 Å². The van der Waals surface area contributed by atoms with Gasteiger partial charge in [-0.3, -0.25) is 14.5 Å². The highest BCUT2D eigenvalue weighted by Gasteiger charge is 2.33. The first kappa shape index (κ1) is 19.1. The van der Waals surface area contributed by atoms with Crippen LogP contribution in [0.4, 0.5) is 0 Å². The quantitative estimate of drug-likeness (QED) is 0.789. The topological polar surface area (TPSA) is 65.2 Å². The molecule has 0 bridgehead atoms. The van der Waals surface area contributed by atoms with Crippen molar-refractivity contribution in [2.75, 3.05) is 25.1 Å². The smallest absolute Gasteiger partial charge is 0.230 e. The summed E-state index contributed by atoms with van der Waals surface area (Å²) in [5, 5.41) is 3.19. The molecular weight excluding hydrogens is 322 g/mol. The van der Waals surface area contributed by atoms with E-state index < -0.39 is 0 Å². The van der Waals surface area contributed by atoms with E-state index in [2.05, 4.69) is 22.1 Å². The largest absolute Gasteiger partial charge is 0.363 e. The molecule has 1 aromatic rings. The SMILES string of the molecule is CCC[C@H]1CN(Cc2[nH]cc(C)c(=O)c2C)C[C@@H]1NC(=O)CSC. The fraction of sp³-hybridized carbons (Fsp3) is 0.667. The van der Waals surface area contributed by atoms with Crippen LogP contribution in [-0.2, 0) is 11.3 Å². The average Bonchev–Trinajstić information content (AvgIpc) is 2.90. The molecule has 0 aliphatic carbocycles. The van der Waals surface area contributed by atoms with Gasteiger partial charge in [0, 0.05) is 48.7 Å². The second-order valence-corrected chi connectivity index (χ2v) is 7.62. The number of nitrogens with zero attached hydrogens (tertiary/aromatic N) is 1. The molecule has 5 nitrogen and oxygen atoms in total. The van der Waals surface area contributed by atoms with Gasteiger partial charge in [-0.05, 0) is 32.4 Å². The molecule has 2 N–H and O–H groups in total. The van der Waals surface area contributed by atoms with Gasteiger partial charge >= 0.3 is 0 Å². The average molecular weight is 352 g/mol. The lowest BCUT2D eigenvalue weighted by Crippen LogP contribution is -2.41. The molecule has 1 aliphatic heterocycles. The van der Waals surface area contributed by atoms with Gasteiger partial charge in [-0.1, -0.05) is 13.3 Å². The Balaban J connectivity index is 2.05. The van der Waals surface area contributed by atoms with Crippen LogP contribution >= 0.6 is 11.8 Å². The number of thioether (sulfide) groups is 1. The molecule has 0 saturated carbocycles. The van der Waals surface area contributed by atoms with Crippen LogP contribution in [0, 0.1) is 19.8 Å². The van der Waals surface area contributed by atoms with Crippen LogP contribution in [0.2, 0.25) is 0 Å². The Labute approximate surface area is 148 Å². The highest BCUT2D eigenvalue weighted by Crippen LogP contribution is 2.23. The summed E-state index contributed by atoms with van der Waals surface area (Å²) in [5.74, 6) is 1.12. The van der Waals surface area contributed by atoms with Crippen LogP contribution in [0.1, 0.15) is 36.6 Å². The minimum absolute atomic E-state index is 0.121. The number of hydrogen-bond acceptors (Lipinski definition) is 4. The lowest BCUT2D eigenvalue weighted by molar-refractivity contribution is -0.119. The van der Waals surface area contributed by atoms with E-state index in [4.69, 9.17) is 0 Å². The Hall–Kier alpha value is -1.27. The molecule has 0 aromatic carbocycles. The summed E-state index contributed by atoms with van der Waals surface area (Å²) in [6.07, 6.45) is 5.97. The summed E-state index contributed by atoms with van der Waals surface area (Å²) in [7, 11) is 0. The van der Waals surface area contributed by atoms with Crippen molar-refractivity contribution in [3.05, 3.63) is 33.2 Å². The van der Waals surface area contributed by atoms with E-state index >= 15 is 0 Å². The van der Waals surface area contributed by atoms with E-state index in [1.54, 1.807) is 18.0 Å². The van der Waals surface area contributed by atoms with Crippen LogP contribution in [0.25, 0.3) is 0 Å². The Kier molecular flexibility index (Phi) is 6.92. The van der Waals surface area contributed by atoms with Gasteiger partial charge in [0.25, 0.3) is 0 Å². The Morgan fingerprint density at radius 1 is 1.42 bits per heavy atom. The third-order valence-electron chi connectivity index (χ3n) is 4.79. The van der Waals surface area contributed by atoms with E-state index in [1.165, 1.54) is 0 Å². The van der Waals surface area contributed by atoms with Gasteiger partial charge in [0.15, 0.2) is 5.43 Å². The standard InChI is InChI=1S/C18H29N3O2S/c1-5-6-14-8-21(10-16(14)20-17(22)11-24-4)9-15-13(3)18(23)12(2)7-19-15/h7,14,16H,5-6,8-11H2,1-4H3,(H,19,23)(H,20,22)/t14-,16-/m0/s1. The number of aromatic amines is 1. The lowest BCUT2D eigenvalue weighted by atomic mass is 9.98. The first-order chi connectivity index (χ1) is 11.5. The molecule has 1 fully saturated rings. The molecule has 0 radical (unpaired) electrons. The highest BCUT2D eigenvalue weighted by atomic mass is 32.2. The zero-order chi connectivity index (χ0) is 17.7. The van der Waals surface area contributed by atoms with Gasteiger partial charge in [0.2, 0.25) is 5.91 Å². The van der Waals surface area contributed by atoms with Gasteiger partial charge in [0.05, 0.1) is 5.75 Å². The number of rotatable bonds is 7. The molecular formula is C18H29N3O2S. The Morgan fingerprint density at radius 2 is 2.17 bits per heavy atom. The number of hydrogen-bond donors (Lipinski definition) is 2. The number of aromatic nitrogens is 1. The molecule has 1 aliphatic rings. The van der Waals surface area contributed by atoms with Crippen molar-refractivity contribution in [3.63, 3.8) is 0 Å². The maximum atomic E-state index is 12.1. The lowest BCUT2D eigenvalue weighted by Gasteiger charge is -2.19. The van der Waals surface area contributed by atoms with Crippen LogP contribution < -0.4 is 10.7 Å². The number of pyridine rings is 1. The van der Waals surface area contributed by atoms with Crippen molar-refractivity contribution in [1.29, 1.82) is 0 Å². The number of carbonyl (C=O) groups excluding carboxylic acids is 1. The first-order valence-corrected chi connectivity index (χ1v) is 10.0. The zero-order valence-electron chi connectivity index (χ0n) is 15.1. The molecule has 2 atom stereocenters. The van der Waals surface area contributed by atoms with Crippen molar-refractivity contribution < 1.29 is 4.79 Å². The van der Waals surface area contributed by atoms with E-state index in [1.807, 2.05) is 20.1 Å². The number of nitrogens with one attached hydrogen (secondary N) is 2. The summed E-state index contributed by atoms with van der Waals surface area (Å²) >= 11 is 1.55. The minimum Gasteiger partial charge on any atom is -0.363 e. The van der Waals surface area contributed by atoms with Crippen molar-refractivity contribution >= 4 is 17.7 Å². The molecule has 24 heavy (non-hydrogen) atoms. The normalized spacial score (nSPS) is 21.2. The third-order valence-corrected chi connectivity index (χ3v) is 5.34. The monoisotopic (exact) mass is 351 g/mol. The Bertz CT molecular complexity index is 629. The summed E-state index contributed by atoms with van der Waals surface area (Å²) in [5.41, 5.74) is 2.66. The van der Waals surface area contributed by atoms with E-state index in [0.29, 0.717) is 11.7 Å². The van der Waals surface area contributed by atoms with Crippen molar-refractivity contribution in [1.82, 2.24) is 15.2 Å². The molecule has 1 saturated heterocycles. The van der Waals surface area contributed by atoms with Crippen molar-refractivity contribution in [2.24, 2.45) is 5.92 Å². The van der Waals surface area contributed by atoms with E-state index in [9.17, 15) is 9.59 Å². The highest BCUT2D eigenvalue weighted by molar-refractivity contribution is 7.99. The van der Waals surface area contributed by atoms with Gasteiger partial charge in [-0.15, -0.1) is 0 Å². The number of aryl methyl sites for hydroxylation is 1. The maximum Gasteiger partial charge on any atom is 0.230 e. The van der Waals surface area contributed by atoms with Crippen LogP contribution in [0.15, 0.2) is 11.0 Å². The molecule has 2 rings (SSSR count).